The first-order chi connectivity index (χ1) is 12.4. The fourth-order valence-corrected chi connectivity index (χ4v) is 2.96. The molecule has 0 radical (unpaired) electrons. The number of carbonyl (C=O) groups is 2. The molecule has 1 amide bonds. The summed E-state index contributed by atoms with van der Waals surface area (Å²) in [4.78, 5) is 25.4. The Morgan fingerprint density at radius 3 is 1.88 bits per heavy atom. The molecular formula is C22H25NO3. The minimum absolute atomic E-state index is 0.258. The zero-order valence-electron chi connectivity index (χ0n) is 15.5. The second-order valence-corrected chi connectivity index (χ2v) is 6.57. The molecule has 26 heavy (non-hydrogen) atoms. The van der Waals surface area contributed by atoms with Crippen LogP contribution in [0, 0.1) is 0 Å². The van der Waals surface area contributed by atoms with E-state index in [4.69, 9.17) is 4.74 Å². The molecule has 0 aliphatic carbocycles. The summed E-state index contributed by atoms with van der Waals surface area (Å²) < 4.78 is 4.84. The Kier molecular flexibility index (Phi) is 6.34. The predicted molar refractivity (Wildman–Crippen MR) is 103 cm³/mol. The van der Waals surface area contributed by atoms with E-state index in [1.165, 1.54) is 7.11 Å². The van der Waals surface area contributed by atoms with Crippen molar-refractivity contribution in [1.82, 2.24) is 5.32 Å². The van der Waals surface area contributed by atoms with E-state index in [2.05, 4.69) is 11.9 Å². The van der Waals surface area contributed by atoms with E-state index in [9.17, 15) is 9.59 Å². The van der Waals surface area contributed by atoms with Gasteiger partial charge in [-0.25, -0.2) is 4.79 Å². The summed E-state index contributed by atoms with van der Waals surface area (Å²) >= 11 is 0. The van der Waals surface area contributed by atoms with Gasteiger partial charge in [0.15, 0.2) is 0 Å². The van der Waals surface area contributed by atoms with Crippen LogP contribution in [-0.2, 0) is 19.7 Å². The molecule has 4 heteroatoms. The maximum absolute atomic E-state index is 13.3. The predicted octanol–water partition coefficient (Wildman–Crippen LogP) is 3.62. The van der Waals surface area contributed by atoms with Gasteiger partial charge in [0.25, 0.3) is 0 Å². The molecule has 0 saturated carbocycles. The molecule has 0 bridgehead atoms. The number of hydrogen-bond donors (Lipinski definition) is 1. The summed E-state index contributed by atoms with van der Waals surface area (Å²) in [5.74, 6) is -0.739. The summed E-state index contributed by atoms with van der Waals surface area (Å²) in [6, 6.07) is 18.3. The zero-order valence-corrected chi connectivity index (χ0v) is 15.5. The van der Waals surface area contributed by atoms with E-state index >= 15 is 0 Å². The summed E-state index contributed by atoms with van der Waals surface area (Å²) in [6.45, 7) is 7.52. The van der Waals surface area contributed by atoms with E-state index in [0.29, 0.717) is 6.42 Å². The Morgan fingerprint density at radius 2 is 1.50 bits per heavy atom. The van der Waals surface area contributed by atoms with Crippen molar-refractivity contribution in [2.75, 3.05) is 7.11 Å². The molecule has 4 nitrogen and oxygen atoms in total. The van der Waals surface area contributed by atoms with Crippen LogP contribution >= 0.6 is 0 Å². The summed E-state index contributed by atoms with van der Waals surface area (Å²) in [5, 5.41) is 2.86. The average molecular weight is 351 g/mol. The fourth-order valence-electron chi connectivity index (χ4n) is 2.96. The van der Waals surface area contributed by atoms with Gasteiger partial charge in [0, 0.05) is 0 Å². The molecule has 136 valence electrons. The number of benzene rings is 2. The lowest BCUT2D eigenvalue weighted by Gasteiger charge is -2.31. The first-order valence-electron chi connectivity index (χ1n) is 8.53. The largest absolute Gasteiger partial charge is 0.467 e. The topological polar surface area (TPSA) is 55.4 Å². The number of hydrogen-bond acceptors (Lipinski definition) is 3. The van der Waals surface area contributed by atoms with Crippen LogP contribution in [0.2, 0.25) is 0 Å². The smallest absolute Gasteiger partial charge is 0.328 e. The fraction of sp³-hybridized carbons (Fsp3) is 0.273. The molecule has 0 saturated heterocycles. The van der Waals surface area contributed by atoms with Crippen LogP contribution in [0.25, 0.3) is 0 Å². The molecule has 0 heterocycles. The summed E-state index contributed by atoms with van der Waals surface area (Å²) in [7, 11) is 1.31. The number of carbonyl (C=O) groups excluding carboxylic acids is 2. The third kappa shape index (κ3) is 4.20. The quantitative estimate of drug-likeness (QED) is 0.612. The van der Waals surface area contributed by atoms with Crippen LogP contribution < -0.4 is 5.32 Å². The molecule has 0 aromatic heterocycles. The van der Waals surface area contributed by atoms with Crippen molar-refractivity contribution < 1.29 is 14.3 Å². The minimum atomic E-state index is -0.941. The van der Waals surface area contributed by atoms with Gasteiger partial charge in [-0.1, -0.05) is 66.2 Å². The Bertz CT molecular complexity index is 729. The lowest BCUT2D eigenvalue weighted by Crippen LogP contribution is -2.50. The molecule has 0 spiro atoms. The monoisotopic (exact) mass is 351 g/mol. The van der Waals surface area contributed by atoms with E-state index < -0.39 is 17.4 Å². The highest BCUT2D eigenvalue weighted by atomic mass is 16.5. The standard InChI is InChI=1S/C22H25NO3/c1-16(2)15-19(20(24)26-4)23-21(25)22(3,17-11-7-5-8-12-17)18-13-9-6-10-14-18/h5-14,19H,1,15H2,2-4H3,(H,23,25)/t19-/m0/s1. The zero-order chi connectivity index (χ0) is 19.2. The van der Waals surface area contributed by atoms with Gasteiger partial charge < -0.3 is 10.1 Å². The van der Waals surface area contributed by atoms with Crippen molar-refractivity contribution in [3.05, 3.63) is 83.9 Å². The highest BCUT2D eigenvalue weighted by Crippen LogP contribution is 2.32. The van der Waals surface area contributed by atoms with Crippen molar-refractivity contribution in [3.63, 3.8) is 0 Å². The Hall–Kier alpha value is -2.88. The lowest BCUT2D eigenvalue weighted by molar-refractivity contribution is -0.145. The third-order valence-corrected chi connectivity index (χ3v) is 4.50. The molecule has 1 atom stereocenters. The van der Waals surface area contributed by atoms with Crippen LogP contribution in [0.1, 0.15) is 31.4 Å². The maximum atomic E-state index is 13.3. The number of ether oxygens (including phenoxy) is 1. The van der Waals surface area contributed by atoms with E-state index in [-0.39, 0.29) is 5.91 Å². The number of methoxy groups -OCH3 is 1. The Balaban J connectivity index is 2.44. The van der Waals surface area contributed by atoms with Crippen LogP contribution in [0.15, 0.2) is 72.8 Å². The third-order valence-electron chi connectivity index (χ3n) is 4.50. The van der Waals surface area contributed by atoms with Crippen molar-refractivity contribution in [2.24, 2.45) is 0 Å². The first kappa shape index (κ1) is 19.4. The summed E-state index contributed by atoms with van der Waals surface area (Å²) in [5.41, 5.74) is 1.55. The van der Waals surface area contributed by atoms with Gasteiger partial charge in [-0.15, -0.1) is 6.58 Å². The van der Waals surface area contributed by atoms with Gasteiger partial charge in [-0.05, 0) is 31.4 Å². The van der Waals surface area contributed by atoms with Gasteiger partial charge in [-0.2, -0.15) is 0 Å². The van der Waals surface area contributed by atoms with Crippen molar-refractivity contribution >= 4 is 11.9 Å². The van der Waals surface area contributed by atoms with Gasteiger partial charge in [-0.3, -0.25) is 4.79 Å². The van der Waals surface area contributed by atoms with Crippen LogP contribution in [0.3, 0.4) is 0 Å². The molecule has 0 unspecified atom stereocenters. The molecule has 1 N–H and O–H groups in total. The van der Waals surface area contributed by atoms with Gasteiger partial charge in [0.05, 0.1) is 12.5 Å². The number of rotatable bonds is 7. The molecule has 0 aliphatic rings. The molecule has 2 aromatic rings. The Morgan fingerprint density at radius 1 is 1.04 bits per heavy atom. The first-order valence-corrected chi connectivity index (χ1v) is 8.53. The molecule has 2 aromatic carbocycles. The van der Waals surface area contributed by atoms with Crippen molar-refractivity contribution in [2.45, 2.75) is 31.7 Å². The van der Waals surface area contributed by atoms with Gasteiger partial charge in [0.1, 0.15) is 6.04 Å². The molecule has 0 aliphatic heterocycles. The minimum Gasteiger partial charge on any atom is -0.467 e. The number of amides is 1. The number of esters is 1. The normalized spacial score (nSPS) is 12.1. The maximum Gasteiger partial charge on any atom is 0.328 e. The molecular weight excluding hydrogens is 326 g/mol. The van der Waals surface area contributed by atoms with Crippen molar-refractivity contribution in [1.29, 1.82) is 0 Å². The summed E-state index contributed by atoms with van der Waals surface area (Å²) in [6.07, 6.45) is 0.331. The van der Waals surface area contributed by atoms with Crippen molar-refractivity contribution in [3.8, 4) is 0 Å². The average Bonchev–Trinajstić information content (AvgIpc) is 2.67. The van der Waals surface area contributed by atoms with Crippen LogP contribution in [0.5, 0.6) is 0 Å². The van der Waals surface area contributed by atoms with Gasteiger partial charge >= 0.3 is 5.97 Å². The van der Waals surface area contributed by atoms with E-state index in [0.717, 1.165) is 16.7 Å². The number of nitrogens with one attached hydrogen (secondary N) is 1. The van der Waals surface area contributed by atoms with E-state index in [1.807, 2.05) is 74.5 Å². The Labute approximate surface area is 154 Å². The second-order valence-electron chi connectivity index (χ2n) is 6.57. The highest BCUT2D eigenvalue weighted by molar-refractivity contribution is 5.94. The molecule has 2 rings (SSSR count). The van der Waals surface area contributed by atoms with Crippen LogP contribution in [0.4, 0.5) is 0 Å². The SMILES string of the molecule is C=C(C)C[C@H](NC(=O)C(C)(c1ccccc1)c1ccccc1)C(=O)OC. The van der Waals surface area contributed by atoms with Crippen LogP contribution in [-0.4, -0.2) is 25.0 Å². The van der Waals surface area contributed by atoms with Gasteiger partial charge in [0.2, 0.25) is 5.91 Å². The second kappa shape index (κ2) is 8.48. The lowest BCUT2D eigenvalue weighted by atomic mass is 9.75. The van der Waals surface area contributed by atoms with E-state index in [1.54, 1.807) is 0 Å². The molecule has 0 fully saturated rings. The highest BCUT2D eigenvalue weighted by Gasteiger charge is 2.39.